The van der Waals surface area contributed by atoms with Gasteiger partial charge in [-0.25, -0.2) is 0 Å². The van der Waals surface area contributed by atoms with Crippen LogP contribution >= 0.6 is 0 Å². The number of unbranched alkanes of at least 4 members (excludes halogenated alkanes) is 34. The lowest BCUT2D eigenvalue weighted by molar-refractivity contribution is -0.870. The highest BCUT2D eigenvalue weighted by atomic mass is 16.7. The van der Waals surface area contributed by atoms with E-state index in [-0.39, 0.29) is 32.2 Å². The minimum atomic E-state index is -1.63. The quantitative estimate of drug-likeness (QED) is 0.0195. The van der Waals surface area contributed by atoms with Crippen LogP contribution in [-0.2, 0) is 33.3 Å². The zero-order chi connectivity index (χ0) is 61.9. The van der Waals surface area contributed by atoms with E-state index in [1.54, 1.807) is 0 Å². The number of nitrogens with zero attached hydrogens (tertiary/aromatic N) is 1. The molecule has 0 heterocycles. The summed E-state index contributed by atoms with van der Waals surface area (Å²) in [5.41, 5.74) is 0. The number of ether oxygens (including phenoxy) is 4. The largest absolute Gasteiger partial charge is 0.545 e. The maximum atomic E-state index is 12.9. The van der Waals surface area contributed by atoms with E-state index >= 15 is 0 Å². The fourth-order valence-corrected chi connectivity index (χ4v) is 9.97. The SMILES string of the molecule is CC/C=C\C/C=C\C/C=C\C/C=C\C/C=C\C/C=C\C/C=C\C/C=C\CCCCCCCCCCCCC(=O)OC(COC(=O)CCCCCCCCCCCCCCCCCCCCCCCCCCC)COC(OCC[N+](C)(C)C)C(=O)[O-]. The molecular weight excluding hydrogens is 1050 g/mol. The number of aliphatic carboxylic acids is 1. The van der Waals surface area contributed by atoms with Gasteiger partial charge in [0.05, 0.1) is 40.3 Å². The van der Waals surface area contributed by atoms with Crippen LogP contribution in [0.2, 0.25) is 0 Å². The molecule has 0 aliphatic carbocycles. The van der Waals surface area contributed by atoms with Crippen LogP contribution in [-0.4, -0.2) is 82.3 Å². The van der Waals surface area contributed by atoms with Crippen molar-refractivity contribution in [3.63, 3.8) is 0 Å². The Morgan fingerprint density at radius 2 is 0.671 bits per heavy atom. The number of hydrogen-bond acceptors (Lipinski definition) is 8. The van der Waals surface area contributed by atoms with Crippen molar-refractivity contribution in [1.82, 2.24) is 0 Å². The van der Waals surface area contributed by atoms with Crippen LogP contribution in [0.3, 0.4) is 0 Å². The molecule has 2 unspecified atom stereocenters. The van der Waals surface area contributed by atoms with Crippen molar-refractivity contribution in [3.05, 3.63) is 97.2 Å². The van der Waals surface area contributed by atoms with Gasteiger partial charge in [-0.05, 0) is 77.0 Å². The summed E-state index contributed by atoms with van der Waals surface area (Å²) in [5, 5.41) is 11.8. The molecule has 0 fully saturated rings. The zero-order valence-electron chi connectivity index (χ0n) is 56.0. The lowest BCUT2D eigenvalue weighted by Gasteiger charge is -2.26. The number of hydrogen-bond donors (Lipinski definition) is 0. The molecule has 0 saturated heterocycles. The Bertz CT molecular complexity index is 1720. The molecular formula is C76H133NO8. The lowest BCUT2D eigenvalue weighted by atomic mass is 10.0. The van der Waals surface area contributed by atoms with Gasteiger partial charge in [-0.2, -0.15) is 0 Å². The standard InChI is InChI=1S/C76H133NO8/c1-6-8-10-12-14-16-18-20-22-24-26-28-30-32-33-34-35-36-37-38-39-40-41-43-45-47-49-51-53-55-57-59-61-63-65-67-74(79)85-72(71-84-76(75(80)81)82-69-68-77(3,4)5)70-83-73(78)66-64-62-60-58-56-54-52-50-48-46-44-42-31-29-27-25-23-21-19-17-15-13-11-9-7-2/h8,10,14,16,20,22,26,28,32-33,35-36,38-39,41,43,72,76H,6-7,9,11-13,15,17-19,21,23-25,27,29-31,34,37,40,42,44-71H2,1-5H3/b10-8-,16-14-,22-20-,28-26-,33-32-,36-35-,39-38-,43-41-. The van der Waals surface area contributed by atoms with E-state index in [9.17, 15) is 19.5 Å². The predicted octanol–water partition coefficient (Wildman–Crippen LogP) is 20.7. The second kappa shape index (κ2) is 66.2. The number of carbonyl (C=O) groups is 3. The van der Waals surface area contributed by atoms with Gasteiger partial charge in [0, 0.05) is 12.8 Å². The van der Waals surface area contributed by atoms with Crippen LogP contribution in [0.1, 0.15) is 309 Å². The average Bonchev–Trinajstić information content (AvgIpc) is 3.48. The molecule has 0 rings (SSSR count). The van der Waals surface area contributed by atoms with Crippen molar-refractivity contribution in [2.45, 2.75) is 322 Å². The van der Waals surface area contributed by atoms with Gasteiger partial charge in [0.15, 0.2) is 12.4 Å². The highest BCUT2D eigenvalue weighted by Gasteiger charge is 2.22. The van der Waals surface area contributed by atoms with Crippen LogP contribution < -0.4 is 5.11 Å². The van der Waals surface area contributed by atoms with E-state index in [0.29, 0.717) is 23.9 Å². The molecule has 0 saturated carbocycles. The minimum absolute atomic E-state index is 0.145. The van der Waals surface area contributed by atoms with E-state index in [4.69, 9.17) is 18.9 Å². The van der Waals surface area contributed by atoms with Gasteiger partial charge in [0.2, 0.25) is 0 Å². The number of quaternary nitrogens is 1. The Morgan fingerprint density at radius 3 is 1.00 bits per heavy atom. The van der Waals surface area contributed by atoms with Crippen molar-refractivity contribution in [1.29, 1.82) is 0 Å². The van der Waals surface area contributed by atoms with Crippen LogP contribution in [0.5, 0.6) is 0 Å². The molecule has 0 aliphatic heterocycles. The van der Waals surface area contributed by atoms with Gasteiger partial charge >= 0.3 is 11.9 Å². The maximum Gasteiger partial charge on any atom is 0.306 e. The van der Waals surface area contributed by atoms with Crippen LogP contribution in [0.15, 0.2) is 97.2 Å². The minimum Gasteiger partial charge on any atom is -0.545 e. The van der Waals surface area contributed by atoms with Crippen LogP contribution in [0.25, 0.3) is 0 Å². The summed E-state index contributed by atoms with van der Waals surface area (Å²) < 4.78 is 22.8. The first-order chi connectivity index (χ1) is 41.6. The molecule has 0 amide bonds. The highest BCUT2D eigenvalue weighted by molar-refractivity contribution is 5.70. The van der Waals surface area contributed by atoms with Gasteiger partial charge in [-0.1, -0.05) is 317 Å². The van der Waals surface area contributed by atoms with E-state index < -0.39 is 24.3 Å². The molecule has 490 valence electrons. The lowest BCUT2D eigenvalue weighted by Crippen LogP contribution is -2.44. The van der Waals surface area contributed by atoms with E-state index in [0.717, 1.165) is 96.3 Å². The molecule has 0 radical (unpaired) electrons. The molecule has 0 aromatic carbocycles. The Balaban J connectivity index is 4.14. The monoisotopic (exact) mass is 1190 g/mol. The molecule has 2 atom stereocenters. The van der Waals surface area contributed by atoms with E-state index in [1.807, 2.05) is 21.1 Å². The second-order valence-corrected chi connectivity index (χ2v) is 24.8. The summed E-state index contributed by atoms with van der Waals surface area (Å²) in [4.78, 5) is 37.5. The molecule has 0 aliphatic rings. The van der Waals surface area contributed by atoms with Crippen molar-refractivity contribution in [2.75, 3.05) is 47.5 Å². The molecule has 9 heteroatoms. The summed E-state index contributed by atoms with van der Waals surface area (Å²) in [6.07, 6.45) is 87.7. The molecule has 85 heavy (non-hydrogen) atoms. The number of carbonyl (C=O) groups excluding carboxylic acids is 3. The van der Waals surface area contributed by atoms with Crippen molar-refractivity contribution >= 4 is 17.9 Å². The molecule has 0 aromatic heterocycles. The summed E-state index contributed by atoms with van der Waals surface area (Å²) in [5.74, 6) is -2.28. The molecule has 0 aromatic rings. The van der Waals surface area contributed by atoms with Crippen molar-refractivity contribution in [3.8, 4) is 0 Å². The molecule has 0 N–H and O–H groups in total. The number of carboxylic acid groups (broad SMARTS) is 1. The first kappa shape index (κ1) is 81.2. The summed E-state index contributed by atoms with van der Waals surface area (Å²) >= 11 is 0. The first-order valence-electron chi connectivity index (χ1n) is 35.4. The van der Waals surface area contributed by atoms with Crippen LogP contribution in [0, 0.1) is 0 Å². The fraction of sp³-hybridized carbons (Fsp3) is 0.750. The highest BCUT2D eigenvalue weighted by Crippen LogP contribution is 2.18. The number of esters is 2. The number of likely N-dealkylation sites (N-methyl/N-ethyl adjacent to an activating group) is 1. The summed E-state index contributed by atoms with van der Waals surface area (Å²) in [6.45, 7) is 4.67. The van der Waals surface area contributed by atoms with Gasteiger partial charge in [0.1, 0.15) is 13.2 Å². The fourth-order valence-electron chi connectivity index (χ4n) is 9.97. The van der Waals surface area contributed by atoms with Crippen LogP contribution in [0.4, 0.5) is 0 Å². The normalized spacial score (nSPS) is 13.3. The van der Waals surface area contributed by atoms with Gasteiger partial charge < -0.3 is 33.3 Å². The third kappa shape index (κ3) is 67.6. The second-order valence-electron chi connectivity index (χ2n) is 24.8. The van der Waals surface area contributed by atoms with Crippen molar-refractivity contribution < 1.29 is 42.9 Å². The molecule has 0 spiro atoms. The maximum absolute atomic E-state index is 12.9. The van der Waals surface area contributed by atoms with E-state index in [2.05, 4.69) is 111 Å². The average molecular weight is 1190 g/mol. The van der Waals surface area contributed by atoms with Gasteiger partial charge in [-0.15, -0.1) is 0 Å². The zero-order valence-corrected chi connectivity index (χ0v) is 56.0. The number of carboxylic acids is 1. The van der Waals surface area contributed by atoms with Gasteiger partial charge in [-0.3, -0.25) is 9.59 Å². The Labute approximate surface area is 524 Å². The summed E-state index contributed by atoms with van der Waals surface area (Å²) in [7, 11) is 5.93. The summed E-state index contributed by atoms with van der Waals surface area (Å²) in [6, 6.07) is 0. The van der Waals surface area contributed by atoms with E-state index in [1.165, 1.54) is 180 Å². The van der Waals surface area contributed by atoms with Gasteiger partial charge in [0.25, 0.3) is 0 Å². The number of allylic oxidation sites excluding steroid dienone is 16. The predicted molar refractivity (Wildman–Crippen MR) is 361 cm³/mol. The Morgan fingerprint density at radius 1 is 0.365 bits per heavy atom. The molecule has 0 bridgehead atoms. The van der Waals surface area contributed by atoms with Crippen molar-refractivity contribution in [2.24, 2.45) is 0 Å². The topological polar surface area (TPSA) is 111 Å². The number of rotatable bonds is 65. The first-order valence-corrected chi connectivity index (χ1v) is 35.4. The Hall–Kier alpha value is -3.79. The smallest absolute Gasteiger partial charge is 0.306 e. The third-order valence-electron chi connectivity index (χ3n) is 15.3. The Kier molecular flexibility index (Phi) is 63.2. The molecule has 9 nitrogen and oxygen atoms in total. The third-order valence-corrected chi connectivity index (χ3v) is 15.3.